The van der Waals surface area contributed by atoms with E-state index in [1.165, 1.54) is 26.1 Å². The zero-order valence-electron chi connectivity index (χ0n) is 13.7. The number of hydrogen-bond donors (Lipinski definition) is 0. The minimum absolute atomic E-state index is 0.847. The van der Waals surface area contributed by atoms with Crippen LogP contribution in [0.2, 0.25) is 0 Å². The molecule has 0 atom stereocenters. The van der Waals surface area contributed by atoms with Gasteiger partial charge in [0.15, 0.2) is 0 Å². The average molecular weight is 335 g/mol. The van der Waals surface area contributed by atoms with Crippen molar-refractivity contribution in [1.82, 2.24) is 4.90 Å². The summed E-state index contributed by atoms with van der Waals surface area (Å²) in [6, 6.07) is 24.0. The molecule has 0 aromatic heterocycles. The molecule has 1 saturated heterocycles. The van der Waals surface area contributed by atoms with Crippen LogP contribution in [0, 0.1) is 0 Å². The van der Waals surface area contributed by atoms with E-state index in [2.05, 4.69) is 71.6 Å². The highest BCUT2D eigenvalue weighted by atomic mass is 32.2. The molecule has 4 rings (SSSR count). The molecule has 0 unspecified atom stereocenters. The average Bonchev–Trinajstić information content (AvgIpc) is 2.64. The number of morpholine rings is 1. The molecule has 0 saturated carbocycles. The molecule has 3 aromatic carbocycles. The zero-order valence-corrected chi connectivity index (χ0v) is 14.5. The van der Waals surface area contributed by atoms with Crippen molar-refractivity contribution in [2.24, 2.45) is 0 Å². The van der Waals surface area contributed by atoms with Crippen molar-refractivity contribution in [3.05, 3.63) is 72.3 Å². The highest BCUT2D eigenvalue weighted by molar-refractivity contribution is 7.99. The topological polar surface area (TPSA) is 12.5 Å². The van der Waals surface area contributed by atoms with Crippen molar-refractivity contribution in [3.63, 3.8) is 0 Å². The van der Waals surface area contributed by atoms with E-state index in [1.54, 1.807) is 0 Å². The fourth-order valence-corrected chi connectivity index (χ4v) is 4.08. The molecule has 0 N–H and O–H groups in total. The van der Waals surface area contributed by atoms with E-state index in [9.17, 15) is 0 Å². The standard InChI is InChI=1S/C21H21NOS/c1-2-6-18-15-20(10-9-17(18)5-1)24-21-8-4-3-7-19(21)16-22-11-13-23-14-12-22/h1-10,15H,11-14,16H2. The minimum atomic E-state index is 0.847. The summed E-state index contributed by atoms with van der Waals surface area (Å²) in [5.74, 6) is 0. The van der Waals surface area contributed by atoms with Gasteiger partial charge < -0.3 is 4.74 Å². The molecule has 1 aliphatic heterocycles. The van der Waals surface area contributed by atoms with Crippen LogP contribution in [0.5, 0.6) is 0 Å². The van der Waals surface area contributed by atoms with Crippen molar-refractivity contribution < 1.29 is 4.74 Å². The summed E-state index contributed by atoms with van der Waals surface area (Å²) in [4.78, 5) is 5.12. The van der Waals surface area contributed by atoms with Gasteiger partial charge in [-0.2, -0.15) is 0 Å². The monoisotopic (exact) mass is 335 g/mol. The van der Waals surface area contributed by atoms with E-state index < -0.39 is 0 Å². The van der Waals surface area contributed by atoms with E-state index in [-0.39, 0.29) is 0 Å². The van der Waals surface area contributed by atoms with E-state index in [0.717, 1.165) is 32.8 Å². The van der Waals surface area contributed by atoms with Crippen LogP contribution in [0.1, 0.15) is 5.56 Å². The number of hydrogen-bond acceptors (Lipinski definition) is 3. The van der Waals surface area contributed by atoms with Gasteiger partial charge in [0.1, 0.15) is 0 Å². The van der Waals surface area contributed by atoms with Gasteiger partial charge in [0.05, 0.1) is 13.2 Å². The van der Waals surface area contributed by atoms with Crippen molar-refractivity contribution in [1.29, 1.82) is 0 Å². The summed E-state index contributed by atoms with van der Waals surface area (Å²) in [6.07, 6.45) is 0. The van der Waals surface area contributed by atoms with Crippen molar-refractivity contribution in [2.75, 3.05) is 26.3 Å². The highest BCUT2D eigenvalue weighted by Gasteiger charge is 2.13. The highest BCUT2D eigenvalue weighted by Crippen LogP contribution is 2.33. The third-order valence-electron chi connectivity index (χ3n) is 4.42. The van der Waals surface area contributed by atoms with E-state index in [4.69, 9.17) is 4.74 Å². The lowest BCUT2D eigenvalue weighted by molar-refractivity contribution is 0.0338. The van der Waals surface area contributed by atoms with E-state index in [0.29, 0.717) is 0 Å². The molecule has 24 heavy (non-hydrogen) atoms. The summed E-state index contributed by atoms with van der Waals surface area (Å²) in [6.45, 7) is 4.74. The second-order valence-electron chi connectivity index (χ2n) is 6.11. The minimum Gasteiger partial charge on any atom is -0.379 e. The molecule has 2 nitrogen and oxygen atoms in total. The van der Waals surface area contributed by atoms with Gasteiger partial charge in [-0.25, -0.2) is 0 Å². The second-order valence-corrected chi connectivity index (χ2v) is 7.22. The summed E-state index contributed by atoms with van der Waals surface area (Å²) in [5.41, 5.74) is 1.40. The Labute approximate surface area is 147 Å². The smallest absolute Gasteiger partial charge is 0.0594 e. The summed E-state index contributed by atoms with van der Waals surface area (Å²) >= 11 is 1.86. The molecule has 0 amide bonds. The molecule has 3 heteroatoms. The van der Waals surface area contributed by atoms with E-state index >= 15 is 0 Å². The van der Waals surface area contributed by atoms with Gasteiger partial charge in [0.25, 0.3) is 0 Å². The molecule has 0 spiro atoms. The van der Waals surface area contributed by atoms with Gasteiger partial charge in [-0.05, 0) is 34.5 Å². The lowest BCUT2D eigenvalue weighted by atomic mass is 10.1. The van der Waals surface area contributed by atoms with Crippen LogP contribution in [-0.2, 0) is 11.3 Å². The Balaban J connectivity index is 1.56. The quantitative estimate of drug-likeness (QED) is 0.678. The van der Waals surface area contributed by atoms with Gasteiger partial charge in [0.2, 0.25) is 0 Å². The van der Waals surface area contributed by atoms with Crippen molar-refractivity contribution in [3.8, 4) is 0 Å². The fourth-order valence-electron chi connectivity index (χ4n) is 3.09. The lowest BCUT2D eigenvalue weighted by Crippen LogP contribution is -2.35. The van der Waals surface area contributed by atoms with Crippen LogP contribution in [0.15, 0.2) is 76.5 Å². The molecule has 3 aromatic rings. The van der Waals surface area contributed by atoms with Crippen LogP contribution >= 0.6 is 11.8 Å². The van der Waals surface area contributed by atoms with Crippen molar-refractivity contribution >= 4 is 22.5 Å². The lowest BCUT2D eigenvalue weighted by Gasteiger charge is -2.27. The zero-order chi connectivity index (χ0) is 16.2. The number of benzene rings is 3. The molecule has 0 radical (unpaired) electrons. The van der Waals surface area contributed by atoms with Crippen LogP contribution in [-0.4, -0.2) is 31.2 Å². The number of nitrogens with zero attached hydrogens (tertiary/aromatic N) is 1. The Kier molecular flexibility index (Phi) is 4.83. The summed E-state index contributed by atoms with van der Waals surface area (Å²) in [7, 11) is 0. The molecule has 122 valence electrons. The maximum Gasteiger partial charge on any atom is 0.0594 e. The predicted octanol–water partition coefficient (Wildman–Crippen LogP) is 4.82. The number of ether oxygens (including phenoxy) is 1. The first-order valence-electron chi connectivity index (χ1n) is 8.43. The van der Waals surface area contributed by atoms with Crippen LogP contribution in [0.25, 0.3) is 10.8 Å². The molecule has 1 heterocycles. The van der Waals surface area contributed by atoms with Gasteiger partial charge >= 0.3 is 0 Å². The predicted molar refractivity (Wildman–Crippen MR) is 101 cm³/mol. The maximum absolute atomic E-state index is 5.46. The SMILES string of the molecule is c1ccc(Sc2ccc3ccccc3c2)c(CN2CCOCC2)c1. The Bertz CT molecular complexity index is 827. The Morgan fingerprint density at radius 1 is 0.833 bits per heavy atom. The van der Waals surface area contributed by atoms with Gasteiger partial charge in [-0.15, -0.1) is 0 Å². The Hall–Kier alpha value is -1.81. The second kappa shape index (κ2) is 7.39. The molecule has 1 aliphatic rings. The van der Waals surface area contributed by atoms with Crippen LogP contribution < -0.4 is 0 Å². The molecule has 0 aliphatic carbocycles. The fraction of sp³-hybridized carbons (Fsp3) is 0.238. The van der Waals surface area contributed by atoms with Gasteiger partial charge in [0, 0.05) is 29.4 Å². The van der Waals surface area contributed by atoms with Gasteiger partial charge in [-0.1, -0.05) is 60.3 Å². The van der Waals surface area contributed by atoms with Crippen LogP contribution in [0.3, 0.4) is 0 Å². The maximum atomic E-state index is 5.46. The van der Waals surface area contributed by atoms with E-state index in [1.807, 2.05) is 11.8 Å². The normalized spacial score (nSPS) is 15.7. The third kappa shape index (κ3) is 3.64. The molecular formula is C21H21NOS. The Morgan fingerprint density at radius 3 is 2.46 bits per heavy atom. The largest absolute Gasteiger partial charge is 0.379 e. The first-order chi connectivity index (χ1) is 11.9. The first-order valence-corrected chi connectivity index (χ1v) is 9.25. The summed E-state index contributed by atoms with van der Waals surface area (Å²) < 4.78 is 5.46. The van der Waals surface area contributed by atoms with Crippen LogP contribution in [0.4, 0.5) is 0 Å². The molecule has 0 bridgehead atoms. The van der Waals surface area contributed by atoms with Crippen molar-refractivity contribution in [2.45, 2.75) is 16.3 Å². The molecular weight excluding hydrogens is 314 g/mol. The first kappa shape index (κ1) is 15.7. The Morgan fingerprint density at radius 2 is 1.58 bits per heavy atom. The number of fused-ring (bicyclic) bond motifs is 1. The molecule has 1 fully saturated rings. The third-order valence-corrected chi connectivity index (χ3v) is 5.53. The van der Waals surface area contributed by atoms with Gasteiger partial charge in [-0.3, -0.25) is 4.90 Å². The summed E-state index contributed by atoms with van der Waals surface area (Å²) in [5, 5.41) is 2.59. The number of rotatable bonds is 4.